The maximum Gasteiger partial charge on any atom is 0.263 e. The molecule has 0 radical (unpaired) electrons. The van der Waals surface area contributed by atoms with Crippen molar-refractivity contribution in [3.8, 4) is 11.5 Å². The van der Waals surface area contributed by atoms with Gasteiger partial charge in [-0.2, -0.15) is 11.8 Å². The lowest BCUT2D eigenvalue weighted by Gasteiger charge is -2.37. The van der Waals surface area contributed by atoms with E-state index < -0.39 is 0 Å². The number of carbonyl (C=O) groups excluding carboxylic acids is 3. The summed E-state index contributed by atoms with van der Waals surface area (Å²) in [4.78, 5) is 45.4. The van der Waals surface area contributed by atoms with Gasteiger partial charge in [0, 0.05) is 44.2 Å². The highest BCUT2D eigenvalue weighted by molar-refractivity contribution is 7.99. The first-order valence-corrected chi connectivity index (χ1v) is 14.0. The van der Waals surface area contributed by atoms with Crippen LogP contribution in [0.3, 0.4) is 0 Å². The lowest BCUT2D eigenvalue weighted by Crippen LogP contribution is -2.47. The van der Waals surface area contributed by atoms with Crippen molar-refractivity contribution < 1.29 is 23.9 Å². The Morgan fingerprint density at radius 3 is 2.54 bits per heavy atom. The molecule has 8 nitrogen and oxygen atoms in total. The van der Waals surface area contributed by atoms with Crippen LogP contribution in [-0.2, 0) is 11.2 Å². The van der Waals surface area contributed by atoms with Crippen LogP contribution in [0.5, 0.6) is 11.5 Å². The maximum atomic E-state index is 13.5. The second-order valence-electron chi connectivity index (χ2n) is 9.62. The lowest BCUT2D eigenvalue weighted by atomic mass is 9.94. The summed E-state index contributed by atoms with van der Waals surface area (Å²) in [6.45, 7) is 3.23. The third-order valence-corrected chi connectivity index (χ3v) is 8.43. The van der Waals surface area contributed by atoms with Gasteiger partial charge in [-0.05, 0) is 49.1 Å². The van der Waals surface area contributed by atoms with Gasteiger partial charge in [0.15, 0.2) is 11.5 Å². The molecule has 3 aliphatic rings. The van der Waals surface area contributed by atoms with Crippen LogP contribution in [0.2, 0.25) is 0 Å². The van der Waals surface area contributed by atoms with Crippen LogP contribution in [0.15, 0.2) is 36.4 Å². The average Bonchev–Trinajstić information content (AvgIpc) is 3.20. The zero-order valence-electron chi connectivity index (χ0n) is 21.4. The van der Waals surface area contributed by atoms with E-state index in [4.69, 9.17) is 9.47 Å². The summed E-state index contributed by atoms with van der Waals surface area (Å²) < 4.78 is 10.7. The van der Waals surface area contributed by atoms with Gasteiger partial charge in [0.05, 0.1) is 37.0 Å². The molecule has 2 saturated heterocycles. The number of piperidine rings is 1. The Morgan fingerprint density at radius 1 is 1.00 bits per heavy atom. The van der Waals surface area contributed by atoms with E-state index >= 15 is 0 Å². The smallest absolute Gasteiger partial charge is 0.263 e. The Labute approximate surface area is 221 Å². The van der Waals surface area contributed by atoms with Crippen molar-refractivity contribution in [2.75, 3.05) is 63.3 Å². The van der Waals surface area contributed by atoms with Crippen LogP contribution < -0.4 is 14.4 Å². The molecule has 37 heavy (non-hydrogen) atoms. The average molecular weight is 524 g/mol. The highest BCUT2D eigenvalue weighted by atomic mass is 32.2. The third-order valence-electron chi connectivity index (χ3n) is 7.48. The standard InChI is InChI=1S/C28H33N3O5S/c1-35-23-9-8-19(17-24(23)36-2)10-12-31-27(33)21-6-3-7-22(25(21)28(31)34)30-11-4-5-20(18-30)26(32)29-13-15-37-16-14-29/h3,6-9,17,20H,4-5,10-16,18H2,1-2H3. The summed E-state index contributed by atoms with van der Waals surface area (Å²) in [6, 6.07) is 11.1. The molecule has 0 saturated carbocycles. The van der Waals surface area contributed by atoms with Gasteiger partial charge in [-0.3, -0.25) is 19.3 Å². The minimum atomic E-state index is -0.266. The fourth-order valence-corrected chi connectivity index (χ4v) is 6.40. The molecule has 9 heteroatoms. The Kier molecular flexibility index (Phi) is 7.60. The summed E-state index contributed by atoms with van der Waals surface area (Å²) in [7, 11) is 3.17. The molecule has 0 aliphatic carbocycles. The second kappa shape index (κ2) is 11.0. The molecule has 5 rings (SSSR count). The van der Waals surface area contributed by atoms with Crippen molar-refractivity contribution in [1.82, 2.24) is 9.80 Å². The van der Waals surface area contributed by atoms with E-state index in [1.807, 2.05) is 47.0 Å². The molecule has 3 amide bonds. The first kappa shape index (κ1) is 25.4. The monoisotopic (exact) mass is 523 g/mol. The van der Waals surface area contributed by atoms with Crippen LogP contribution in [0.25, 0.3) is 0 Å². The van der Waals surface area contributed by atoms with Gasteiger partial charge in [0.2, 0.25) is 5.91 Å². The Balaban J connectivity index is 1.31. The molecule has 0 bridgehead atoms. The Hall–Kier alpha value is -3.20. The number of benzene rings is 2. The quantitative estimate of drug-likeness (QED) is 0.515. The van der Waals surface area contributed by atoms with Gasteiger partial charge in [0.25, 0.3) is 11.8 Å². The molecule has 2 aromatic carbocycles. The molecular weight excluding hydrogens is 490 g/mol. The van der Waals surface area contributed by atoms with Gasteiger partial charge >= 0.3 is 0 Å². The number of anilines is 1. The number of hydrogen-bond acceptors (Lipinski definition) is 7. The van der Waals surface area contributed by atoms with Crippen molar-refractivity contribution >= 4 is 35.2 Å². The SMILES string of the molecule is COc1ccc(CCN2C(=O)c3cccc(N4CCCC(C(=O)N5CCSCC5)C4)c3C2=O)cc1OC. The van der Waals surface area contributed by atoms with E-state index in [0.29, 0.717) is 35.6 Å². The number of thioether (sulfide) groups is 1. The van der Waals surface area contributed by atoms with E-state index in [1.54, 1.807) is 20.3 Å². The van der Waals surface area contributed by atoms with Crippen LogP contribution in [-0.4, -0.2) is 86.0 Å². The Bertz CT molecular complexity index is 1200. The maximum absolute atomic E-state index is 13.5. The number of imide groups is 1. The van der Waals surface area contributed by atoms with Gasteiger partial charge < -0.3 is 19.3 Å². The van der Waals surface area contributed by atoms with Crippen LogP contribution in [0.1, 0.15) is 39.1 Å². The molecule has 1 unspecified atom stereocenters. The number of hydrogen-bond donors (Lipinski definition) is 0. The number of nitrogens with zero attached hydrogens (tertiary/aromatic N) is 3. The predicted molar refractivity (Wildman–Crippen MR) is 144 cm³/mol. The van der Waals surface area contributed by atoms with Crippen molar-refractivity contribution in [2.45, 2.75) is 19.3 Å². The summed E-state index contributed by atoms with van der Waals surface area (Å²) in [5.74, 6) is 2.83. The van der Waals surface area contributed by atoms with Gasteiger partial charge in [-0.25, -0.2) is 0 Å². The fraction of sp³-hybridized carbons (Fsp3) is 0.464. The molecular formula is C28H33N3O5S. The molecule has 0 spiro atoms. The third kappa shape index (κ3) is 5.01. The number of amides is 3. The van der Waals surface area contributed by atoms with Crippen LogP contribution in [0.4, 0.5) is 5.69 Å². The highest BCUT2D eigenvalue weighted by Gasteiger charge is 2.39. The van der Waals surface area contributed by atoms with Gasteiger partial charge in [-0.1, -0.05) is 12.1 Å². The highest BCUT2D eigenvalue weighted by Crippen LogP contribution is 2.35. The molecule has 2 aromatic rings. The van der Waals surface area contributed by atoms with Crippen molar-refractivity contribution in [3.63, 3.8) is 0 Å². The minimum absolute atomic E-state index is 0.0823. The van der Waals surface area contributed by atoms with Gasteiger partial charge in [0.1, 0.15) is 0 Å². The van der Waals surface area contributed by atoms with Crippen LogP contribution >= 0.6 is 11.8 Å². The number of fused-ring (bicyclic) bond motifs is 1. The summed E-state index contributed by atoms with van der Waals surface area (Å²) in [5.41, 5.74) is 2.61. The largest absolute Gasteiger partial charge is 0.493 e. The molecule has 196 valence electrons. The first-order valence-electron chi connectivity index (χ1n) is 12.8. The van der Waals surface area contributed by atoms with E-state index in [-0.39, 0.29) is 30.2 Å². The second-order valence-corrected chi connectivity index (χ2v) is 10.8. The number of ether oxygens (including phenoxy) is 2. The molecule has 3 heterocycles. The van der Waals surface area contributed by atoms with E-state index in [9.17, 15) is 14.4 Å². The zero-order valence-corrected chi connectivity index (χ0v) is 22.2. The molecule has 3 aliphatic heterocycles. The molecule has 0 aromatic heterocycles. The van der Waals surface area contributed by atoms with E-state index in [1.165, 1.54) is 4.90 Å². The zero-order chi connectivity index (χ0) is 25.9. The number of methoxy groups -OCH3 is 2. The number of carbonyl (C=O) groups is 3. The van der Waals surface area contributed by atoms with Crippen molar-refractivity contribution in [1.29, 1.82) is 0 Å². The lowest BCUT2D eigenvalue weighted by molar-refractivity contribution is -0.135. The summed E-state index contributed by atoms with van der Waals surface area (Å²) in [5, 5.41) is 0. The normalized spacial score (nSPS) is 19.7. The van der Waals surface area contributed by atoms with Crippen molar-refractivity contribution in [2.24, 2.45) is 5.92 Å². The summed E-state index contributed by atoms with van der Waals surface area (Å²) >= 11 is 1.89. The predicted octanol–water partition coefficient (Wildman–Crippen LogP) is 3.33. The van der Waals surface area contributed by atoms with E-state index in [0.717, 1.165) is 55.2 Å². The van der Waals surface area contributed by atoms with E-state index in [2.05, 4.69) is 4.90 Å². The van der Waals surface area contributed by atoms with Crippen LogP contribution in [0, 0.1) is 5.92 Å². The molecule has 0 N–H and O–H groups in total. The topological polar surface area (TPSA) is 79.4 Å². The molecule has 2 fully saturated rings. The van der Waals surface area contributed by atoms with Gasteiger partial charge in [-0.15, -0.1) is 0 Å². The minimum Gasteiger partial charge on any atom is -0.493 e. The first-order chi connectivity index (χ1) is 18.0. The molecule has 1 atom stereocenters. The Morgan fingerprint density at radius 2 is 1.78 bits per heavy atom. The van der Waals surface area contributed by atoms with Crippen molar-refractivity contribution in [3.05, 3.63) is 53.1 Å². The number of rotatable bonds is 7. The fourth-order valence-electron chi connectivity index (χ4n) is 5.50. The summed E-state index contributed by atoms with van der Waals surface area (Å²) in [6.07, 6.45) is 2.25.